The molecule has 1 saturated heterocycles. The number of aromatic nitrogens is 1. The predicted octanol–water partition coefficient (Wildman–Crippen LogP) is 1.90. The standard InChI is InChI=1S/C11H18N2O2S/c1-3-15-8(2)11-13-10(7-16-11)9-6-14-5-4-12-9/h7-9,12H,3-6H2,1-2H3. The molecule has 1 fully saturated rings. The number of nitrogens with one attached hydrogen (secondary N) is 1. The van der Waals surface area contributed by atoms with Crippen LogP contribution in [0.15, 0.2) is 5.38 Å². The summed E-state index contributed by atoms with van der Waals surface area (Å²) in [5, 5.41) is 6.54. The molecule has 0 bridgehead atoms. The van der Waals surface area contributed by atoms with Gasteiger partial charge in [-0.3, -0.25) is 0 Å². The zero-order valence-electron chi connectivity index (χ0n) is 9.73. The maximum Gasteiger partial charge on any atom is 0.122 e. The highest BCUT2D eigenvalue weighted by atomic mass is 32.1. The van der Waals surface area contributed by atoms with E-state index in [4.69, 9.17) is 9.47 Å². The molecule has 0 saturated carbocycles. The first-order valence-electron chi connectivity index (χ1n) is 5.69. The van der Waals surface area contributed by atoms with Crippen LogP contribution < -0.4 is 5.32 Å². The molecular weight excluding hydrogens is 224 g/mol. The van der Waals surface area contributed by atoms with Gasteiger partial charge in [-0.2, -0.15) is 0 Å². The number of morpholine rings is 1. The van der Waals surface area contributed by atoms with E-state index in [0.717, 1.165) is 30.5 Å². The lowest BCUT2D eigenvalue weighted by Gasteiger charge is -2.22. The minimum absolute atomic E-state index is 0.0910. The number of hydrogen-bond donors (Lipinski definition) is 1. The van der Waals surface area contributed by atoms with Gasteiger partial charge in [-0.15, -0.1) is 11.3 Å². The first-order valence-corrected chi connectivity index (χ1v) is 6.57. The zero-order valence-corrected chi connectivity index (χ0v) is 10.5. The van der Waals surface area contributed by atoms with Gasteiger partial charge in [0.25, 0.3) is 0 Å². The van der Waals surface area contributed by atoms with Crippen molar-refractivity contribution in [1.82, 2.24) is 10.3 Å². The lowest BCUT2D eigenvalue weighted by Crippen LogP contribution is -2.34. The summed E-state index contributed by atoms with van der Waals surface area (Å²) in [5.74, 6) is 0. The van der Waals surface area contributed by atoms with E-state index < -0.39 is 0 Å². The number of nitrogens with zero attached hydrogens (tertiary/aromatic N) is 1. The second-order valence-electron chi connectivity index (χ2n) is 3.79. The average Bonchev–Trinajstić information content (AvgIpc) is 2.80. The van der Waals surface area contributed by atoms with Crippen molar-refractivity contribution in [3.63, 3.8) is 0 Å². The van der Waals surface area contributed by atoms with E-state index in [-0.39, 0.29) is 12.1 Å². The molecule has 90 valence electrons. The Morgan fingerprint density at radius 1 is 1.75 bits per heavy atom. The van der Waals surface area contributed by atoms with Gasteiger partial charge in [-0.1, -0.05) is 0 Å². The van der Waals surface area contributed by atoms with Crippen LogP contribution in [0, 0.1) is 0 Å². The fourth-order valence-corrected chi connectivity index (χ4v) is 2.60. The Labute approximate surface area is 100.0 Å². The Hall–Kier alpha value is -0.490. The highest BCUT2D eigenvalue weighted by Gasteiger charge is 2.19. The Balaban J connectivity index is 2.00. The van der Waals surface area contributed by atoms with Crippen LogP contribution in [0.2, 0.25) is 0 Å². The van der Waals surface area contributed by atoms with Crippen molar-refractivity contribution in [2.45, 2.75) is 26.0 Å². The number of thiazole rings is 1. The fourth-order valence-electron chi connectivity index (χ4n) is 1.72. The molecule has 0 spiro atoms. The minimum atomic E-state index is 0.0910. The van der Waals surface area contributed by atoms with E-state index in [2.05, 4.69) is 15.7 Å². The molecule has 0 aromatic carbocycles. The van der Waals surface area contributed by atoms with E-state index in [9.17, 15) is 0 Å². The Kier molecular flexibility index (Phi) is 4.29. The summed E-state index contributed by atoms with van der Waals surface area (Å²) in [7, 11) is 0. The summed E-state index contributed by atoms with van der Waals surface area (Å²) in [4.78, 5) is 4.60. The Morgan fingerprint density at radius 2 is 2.62 bits per heavy atom. The van der Waals surface area contributed by atoms with E-state index >= 15 is 0 Å². The Morgan fingerprint density at radius 3 is 3.31 bits per heavy atom. The number of ether oxygens (including phenoxy) is 2. The van der Waals surface area contributed by atoms with Crippen LogP contribution in [0.25, 0.3) is 0 Å². The minimum Gasteiger partial charge on any atom is -0.378 e. The van der Waals surface area contributed by atoms with Gasteiger partial charge in [-0.05, 0) is 13.8 Å². The van der Waals surface area contributed by atoms with Crippen molar-refractivity contribution in [2.75, 3.05) is 26.4 Å². The van der Waals surface area contributed by atoms with Crippen molar-refractivity contribution in [3.05, 3.63) is 16.1 Å². The van der Waals surface area contributed by atoms with Crippen LogP contribution in [-0.2, 0) is 9.47 Å². The summed E-state index contributed by atoms with van der Waals surface area (Å²) in [6, 6.07) is 0.243. The molecule has 2 heterocycles. The molecule has 5 heteroatoms. The molecule has 0 amide bonds. The molecule has 0 radical (unpaired) electrons. The topological polar surface area (TPSA) is 43.4 Å². The molecule has 1 aromatic heterocycles. The van der Waals surface area contributed by atoms with Crippen LogP contribution in [0.4, 0.5) is 0 Å². The van der Waals surface area contributed by atoms with Crippen molar-refractivity contribution >= 4 is 11.3 Å². The summed E-state index contributed by atoms with van der Waals surface area (Å²) in [6.07, 6.45) is 0.0910. The quantitative estimate of drug-likeness (QED) is 0.876. The van der Waals surface area contributed by atoms with Gasteiger partial charge in [0.15, 0.2) is 0 Å². The highest BCUT2D eigenvalue weighted by Crippen LogP contribution is 2.24. The van der Waals surface area contributed by atoms with Crippen LogP contribution in [0.3, 0.4) is 0 Å². The molecule has 2 atom stereocenters. The molecule has 1 N–H and O–H groups in total. The molecule has 16 heavy (non-hydrogen) atoms. The average molecular weight is 242 g/mol. The molecular formula is C11H18N2O2S. The lowest BCUT2D eigenvalue weighted by molar-refractivity contribution is 0.0717. The molecule has 1 aliphatic rings. The van der Waals surface area contributed by atoms with Crippen LogP contribution >= 0.6 is 11.3 Å². The van der Waals surface area contributed by atoms with Gasteiger partial charge < -0.3 is 14.8 Å². The number of rotatable bonds is 4. The third kappa shape index (κ3) is 2.79. The zero-order chi connectivity index (χ0) is 11.4. The first kappa shape index (κ1) is 12.0. The van der Waals surface area contributed by atoms with Crippen LogP contribution in [0.5, 0.6) is 0 Å². The summed E-state index contributed by atoms with van der Waals surface area (Å²) < 4.78 is 10.9. The third-order valence-electron chi connectivity index (χ3n) is 2.58. The maximum atomic E-state index is 5.52. The second kappa shape index (κ2) is 5.72. The van der Waals surface area contributed by atoms with E-state index in [1.54, 1.807) is 11.3 Å². The molecule has 2 unspecified atom stereocenters. The van der Waals surface area contributed by atoms with Crippen molar-refractivity contribution in [1.29, 1.82) is 0 Å². The summed E-state index contributed by atoms with van der Waals surface area (Å²) >= 11 is 1.66. The molecule has 1 aliphatic heterocycles. The Bertz CT molecular complexity index is 324. The third-order valence-corrected chi connectivity index (χ3v) is 3.61. The van der Waals surface area contributed by atoms with E-state index in [1.807, 2.05) is 13.8 Å². The monoisotopic (exact) mass is 242 g/mol. The van der Waals surface area contributed by atoms with Crippen molar-refractivity contribution in [3.8, 4) is 0 Å². The van der Waals surface area contributed by atoms with Crippen molar-refractivity contribution < 1.29 is 9.47 Å². The fraction of sp³-hybridized carbons (Fsp3) is 0.727. The summed E-state index contributed by atoms with van der Waals surface area (Å²) in [5.41, 5.74) is 1.08. The second-order valence-corrected chi connectivity index (χ2v) is 4.68. The number of hydrogen-bond acceptors (Lipinski definition) is 5. The van der Waals surface area contributed by atoms with Crippen LogP contribution in [-0.4, -0.2) is 31.3 Å². The van der Waals surface area contributed by atoms with Gasteiger partial charge in [0, 0.05) is 18.5 Å². The molecule has 0 aliphatic carbocycles. The van der Waals surface area contributed by atoms with Gasteiger partial charge >= 0.3 is 0 Å². The maximum absolute atomic E-state index is 5.52. The first-order chi connectivity index (χ1) is 7.81. The van der Waals surface area contributed by atoms with E-state index in [1.165, 1.54) is 0 Å². The summed E-state index contributed by atoms with van der Waals surface area (Å²) in [6.45, 7) is 7.17. The normalized spacial score (nSPS) is 23.2. The smallest absolute Gasteiger partial charge is 0.122 e. The SMILES string of the molecule is CCOC(C)c1nc(C2COCCN2)cs1. The van der Waals surface area contributed by atoms with Gasteiger partial charge in [0.05, 0.1) is 24.9 Å². The molecule has 4 nitrogen and oxygen atoms in total. The van der Waals surface area contributed by atoms with Crippen LogP contribution in [0.1, 0.15) is 36.7 Å². The predicted molar refractivity (Wildman–Crippen MR) is 63.7 cm³/mol. The van der Waals surface area contributed by atoms with Gasteiger partial charge in [0.2, 0.25) is 0 Å². The highest BCUT2D eigenvalue weighted by molar-refractivity contribution is 7.09. The lowest BCUT2D eigenvalue weighted by atomic mass is 10.2. The van der Waals surface area contributed by atoms with Gasteiger partial charge in [0.1, 0.15) is 11.1 Å². The molecule has 1 aromatic rings. The van der Waals surface area contributed by atoms with Crippen molar-refractivity contribution in [2.24, 2.45) is 0 Å². The van der Waals surface area contributed by atoms with Gasteiger partial charge in [-0.25, -0.2) is 4.98 Å². The van der Waals surface area contributed by atoms with E-state index in [0.29, 0.717) is 6.61 Å². The largest absolute Gasteiger partial charge is 0.378 e. The molecule has 2 rings (SSSR count).